The highest BCUT2D eigenvalue weighted by Crippen LogP contribution is 2.27. The SMILES string of the molecule is C.CC(C)(C)C1CC(=O)CCO1. The third-order valence-electron chi connectivity index (χ3n) is 2.08. The third-order valence-corrected chi connectivity index (χ3v) is 2.08. The first-order valence-electron chi connectivity index (χ1n) is 4.13. The molecule has 1 unspecified atom stereocenters. The number of hydrogen-bond acceptors (Lipinski definition) is 2. The van der Waals surface area contributed by atoms with E-state index in [4.69, 9.17) is 4.74 Å². The molecule has 72 valence electrons. The van der Waals surface area contributed by atoms with Crippen molar-refractivity contribution in [3.05, 3.63) is 0 Å². The van der Waals surface area contributed by atoms with Gasteiger partial charge in [-0.3, -0.25) is 4.79 Å². The van der Waals surface area contributed by atoms with E-state index in [1.165, 1.54) is 0 Å². The number of Topliss-reactive ketones (excluding diaryl/α,β-unsaturated/α-hetero) is 1. The summed E-state index contributed by atoms with van der Waals surface area (Å²) >= 11 is 0. The average molecular weight is 172 g/mol. The van der Waals surface area contributed by atoms with Gasteiger partial charge >= 0.3 is 0 Å². The van der Waals surface area contributed by atoms with Gasteiger partial charge in [-0.25, -0.2) is 0 Å². The van der Waals surface area contributed by atoms with Gasteiger partial charge in [-0.05, 0) is 5.41 Å². The molecule has 1 aliphatic rings. The topological polar surface area (TPSA) is 26.3 Å². The summed E-state index contributed by atoms with van der Waals surface area (Å²) in [5.41, 5.74) is 0.107. The summed E-state index contributed by atoms with van der Waals surface area (Å²) in [6.45, 7) is 6.93. The van der Waals surface area contributed by atoms with Crippen LogP contribution in [0.25, 0.3) is 0 Å². The fraction of sp³-hybridized carbons (Fsp3) is 0.900. The maximum absolute atomic E-state index is 11.0. The van der Waals surface area contributed by atoms with Crippen molar-refractivity contribution >= 4 is 5.78 Å². The van der Waals surface area contributed by atoms with Gasteiger partial charge in [0.15, 0.2) is 0 Å². The first-order valence-corrected chi connectivity index (χ1v) is 4.13. The number of hydrogen-bond donors (Lipinski definition) is 0. The number of ketones is 1. The van der Waals surface area contributed by atoms with E-state index in [1.54, 1.807) is 0 Å². The van der Waals surface area contributed by atoms with Gasteiger partial charge < -0.3 is 4.74 Å². The number of carbonyl (C=O) groups excluding carboxylic acids is 1. The van der Waals surface area contributed by atoms with E-state index in [1.807, 2.05) is 0 Å². The highest BCUT2D eigenvalue weighted by atomic mass is 16.5. The Balaban J connectivity index is 0.00000121. The van der Waals surface area contributed by atoms with Gasteiger partial charge in [-0.2, -0.15) is 0 Å². The summed E-state index contributed by atoms with van der Waals surface area (Å²) < 4.78 is 5.49. The minimum Gasteiger partial charge on any atom is -0.377 e. The smallest absolute Gasteiger partial charge is 0.137 e. The Hall–Kier alpha value is -0.370. The van der Waals surface area contributed by atoms with Crippen LogP contribution in [0.5, 0.6) is 0 Å². The van der Waals surface area contributed by atoms with Crippen molar-refractivity contribution in [1.82, 2.24) is 0 Å². The molecule has 1 heterocycles. The van der Waals surface area contributed by atoms with Crippen molar-refractivity contribution in [3.63, 3.8) is 0 Å². The normalized spacial score (nSPS) is 24.9. The van der Waals surface area contributed by atoms with Gasteiger partial charge in [0.1, 0.15) is 5.78 Å². The molecule has 2 nitrogen and oxygen atoms in total. The molecule has 1 fully saturated rings. The van der Waals surface area contributed by atoms with E-state index in [0.717, 1.165) is 0 Å². The minimum atomic E-state index is 0. The van der Waals surface area contributed by atoms with Gasteiger partial charge in [0, 0.05) is 12.8 Å². The van der Waals surface area contributed by atoms with Crippen LogP contribution in [0.4, 0.5) is 0 Å². The van der Waals surface area contributed by atoms with Crippen molar-refractivity contribution in [2.24, 2.45) is 5.41 Å². The van der Waals surface area contributed by atoms with Gasteiger partial charge in [0.25, 0.3) is 0 Å². The molecule has 0 aromatic carbocycles. The molecule has 0 amide bonds. The summed E-state index contributed by atoms with van der Waals surface area (Å²) in [7, 11) is 0. The molecule has 0 radical (unpaired) electrons. The monoisotopic (exact) mass is 172 g/mol. The zero-order chi connectivity index (χ0) is 8.48. The van der Waals surface area contributed by atoms with E-state index in [-0.39, 0.29) is 18.9 Å². The van der Waals surface area contributed by atoms with E-state index < -0.39 is 0 Å². The molecule has 0 aromatic heterocycles. The molecule has 1 rings (SSSR count). The van der Waals surface area contributed by atoms with Crippen molar-refractivity contribution < 1.29 is 9.53 Å². The Labute approximate surface area is 75.3 Å². The molecule has 2 heteroatoms. The predicted octanol–water partition coefficient (Wildman–Crippen LogP) is 2.42. The number of carbonyl (C=O) groups is 1. The lowest BCUT2D eigenvalue weighted by Crippen LogP contribution is -2.36. The minimum absolute atomic E-state index is 0. The van der Waals surface area contributed by atoms with Crippen LogP contribution in [0.15, 0.2) is 0 Å². The van der Waals surface area contributed by atoms with Gasteiger partial charge in [-0.1, -0.05) is 28.2 Å². The highest BCUT2D eigenvalue weighted by Gasteiger charge is 2.30. The molecular formula is C10H20O2. The van der Waals surface area contributed by atoms with Crippen LogP contribution >= 0.6 is 0 Å². The molecule has 0 saturated carbocycles. The zero-order valence-corrected chi connectivity index (χ0v) is 7.52. The fourth-order valence-corrected chi connectivity index (χ4v) is 1.24. The molecule has 1 atom stereocenters. The molecule has 0 bridgehead atoms. The highest BCUT2D eigenvalue weighted by molar-refractivity contribution is 5.79. The summed E-state index contributed by atoms with van der Waals surface area (Å²) in [6.07, 6.45) is 1.33. The van der Waals surface area contributed by atoms with Crippen molar-refractivity contribution in [2.45, 2.75) is 47.1 Å². The van der Waals surface area contributed by atoms with Crippen LogP contribution in [-0.2, 0) is 9.53 Å². The predicted molar refractivity (Wildman–Crippen MR) is 50.2 cm³/mol. The Kier molecular flexibility index (Phi) is 3.91. The fourth-order valence-electron chi connectivity index (χ4n) is 1.24. The quantitative estimate of drug-likeness (QED) is 0.561. The van der Waals surface area contributed by atoms with Crippen molar-refractivity contribution in [1.29, 1.82) is 0 Å². The molecule has 12 heavy (non-hydrogen) atoms. The second kappa shape index (κ2) is 4.04. The molecule has 0 N–H and O–H groups in total. The molecule has 0 aromatic rings. The van der Waals surface area contributed by atoms with Crippen LogP contribution in [0.2, 0.25) is 0 Å². The first-order chi connectivity index (χ1) is 5.00. The Morgan fingerprint density at radius 2 is 2.00 bits per heavy atom. The summed E-state index contributed by atoms with van der Waals surface area (Å²) in [5, 5.41) is 0. The van der Waals surface area contributed by atoms with E-state index in [0.29, 0.717) is 25.2 Å². The van der Waals surface area contributed by atoms with Gasteiger partial charge in [-0.15, -0.1) is 0 Å². The van der Waals surface area contributed by atoms with Crippen LogP contribution in [0, 0.1) is 5.41 Å². The van der Waals surface area contributed by atoms with Gasteiger partial charge in [0.05, 0.1) is 12.7 Å². The Morgan fingerprint density at radius 1 is 1.42 bits per heavy atom. The first kappa shape index (κ1) is 11.6. The summed E-state index contributed by atoms with van der Waals surface area (Å²) in [4.78, 5) is 11.0. The van der Waals surface area contributed by atoms with E-state index in [2.05, 4.69) is 20.8 Å². The Bertz CT molecular complexity index is 156. The van der Waals surface area contributed by atoms with Gasteiger partial charge in [0.2, 0.25) is 0 Å². The maximum Gasteiger partial charge on any atom is 0.137 e. The lowest BCUT2D eigenvalue weighted by Gasteiger charge is -2.32. The Morgan fingerprint density at radius 3 is 2.33 bits per heavy atom. The van der Waals surface area contributed by atoms with Crippen molar-refractivity contribution in [2.75, 3.05) is 6.61 Å². The lowest BCUT2D eigenvalue weighted by molar-refractivity contribution is -0.133. The second-order valence-electron chi connectivity index (χ2n) is 4.22. The molecule has 1 aliphatic heterocycles. The lowest BCUT2D eigenvalue weighted by atomic mass is 9.84. The van der Waals surface area contributed by atoms with Crippen LogP contribution < -0.4 is 0 Å². The average Bonchev–Trinajstić information content (AvgIpc) is 1.86. The van der Waals surface area contributed by atoms with E-state index in [9.17, 15) is 4.79 Å². The van der Waals surface area contributed by atoms with Crippen LogP contribution in [-0.4, -0.2) is 18.5 Å². The second-order valence-corrected chi connectivity index (χ2v) is 4.22. The maximum atomic E-state index is 11.0. The number of ether oxygens (including phenoxy) is 1. The molecule has 1 saturated heterocycles. The number of rotatable bonds is 0. The van der Waals surface area contributed by atoms with Crippen LogP contribution in [0.3, 0.4) is 0 Å². The van der Waals surface area contributed by atoms with Crippen LogP contribution in [0.1, 0.15) is 41.0 Å². The van der Waals surface area contributed by atoms with Crippen molar-refractivity contribution in [3.8, 4) is 0 Å². The molecule has 0 aliphatic carbocycles. The standard InChI is InChI=1S/C9H16O2.CH4/c1-9(2,3)8-6-7(10)4-5-11-8;/h8H,4-6H2,1-3H3;1H4. The largest absolute Gasteiger partial charge is 0.377 e. The summed E-state index contributed by atoms with van der Waals surface area (Å²) in [5.74, 6) is 0.344. The molecule has 0 spiro atoms. The summed E-state index contributed by atoms with van der Waals surface area (Å²) in [6, 6.07) is 0. The van der Waals surface area contributed by atoms with E-state index >= 15 is 0 Å². The zero-order valence-electron chi connectivity index (χ0n) is 7.52. The molecular weight excluding hydrogens is 152 g/mol. The third kappa shape index (κ3) is 2.94.